The first-order chi connectivity index (χ1) is 9.28. The minimum atomic E-state index is 0.383. The van der Waals surface area contributed by atoms with Crippen LogP contribution < -0.4 is 10.2 Å². The summed E-state index contributed by atoms with van der Waals surface area (Å²) in [4.78, 5) is 2.43. The van der Waals surface area contributed by atoms with Crippen LogP contribution in [0.3, 0.4) is 0 Å². The van der Waals surface area contributed by atoms with Gasteiger partial charge < -0.3 is 15.0 Å². The smallest absolute Gasteiger partial charge is 0.0746 e. The number of hydrogen-bond donors (Lipinski definition) is 1. The number of benzene rings is 1. The van der Waals surface area contributed by atoms with Crippen LogP contribution in [0.4, 0.5) is 5.69 Å². The molecule has 0 aromatic heterocycles. The molecular weight excluding hydrogens is 236 g/mol. The summed E-state index contributed by atoms with van der Waals surface area (Å²) in [6.45, 7) is 4.37. The average Bonchev–Trinajstić information content (AvgIpc) is 2.49. The average molecular weight is 262 g/mol. The Morgan fingerprint density at radius 1 is 1.37 bits per heavy atom. The number of nitrogens with zero attached hydrogens (tertiary/aromatic N) is 1. The minimum Gasteiger partial charge on any atom is -0.380 e. The largest absolute Gasteiger partial charge is 0.380 e. The van der Waals surface area contributed by atoms with Crippen molar-refractivity contribution in [2.45, 2.75) is 38.3 Å². The van der Waals surface area contributed by atoms with Gasteiger partial charge in [-0.15, -0.1) is 0 Å². The Labute approximate surface area is 116 Å². The lowest BCUT2D eigenvalue weighted by atomic mass is 10.0. The quantitative estimate of drug-likeness (QED) is 0.883. The molecule has 1 aliphatic rings. The molecular formula is C16H26N2O. The summed E-state index contributed by atoms with van der Waals surface area (Å²) in [7, 11) is 3.84. The fraction of sp³-hybridized carbons (Fsp3) is 0.625. The second kappa shape index (κ2) is 6.92. The summed E-state index contributed by atoms with van der Waals surface area (Å²) in [5.74, 6) is 0. The maximum atomic E-state index is 5.49. The van der Waals surface area contributed by atoms with Crippen molar-refractivity contribution in [1.82, 2.24) is 5.32 Å². The van der Waals surface area contributed by atoms with E-state index in [9.17, 15) is 0 Å². The lowest BCUT2D eigenvalue weighted by Crippen LogP contribution is -2.39. The van der Waals surface area contributed by atoms with E-state index >= 15 is 0 Å². The van der Waals surface area contributed by atoms with Crippen molar-refractivity contribution in [2.75, 3.05) is 32.1 Å². The fourth-order valence-corrected chi connectivity index (χ4v) is 2.89. The van der Waals surface area contributed by atoms with Crippen molar-refractivity contribution in [3.63, 3.8) is 0 Å². The second-order valence-electron chi connectivity index (χ2n) is 5.29. The molecule has 2 rings (SSSR count). The topological polar surface area (TPSA) is 24.5 Å². The Balaban J connectivity index is 2.05. The second-order valence-corrected chi connectivity index (χ2v) is 5.29. The van der Waals surface area contributed by atoms with Crippen molar-refractivity contribution < 1.29 is 4.74 Å². The molecule has 1 aliphatic heterocycles. The predicted octanol–water partition coefficient (Wildman–Crippen LogP) is 2.97. The number of nitrogens with one attached hydrogen (secondary N) is 1. The first kappa shape index (κ1) is 14.4. The molecule has 0 bridgehead atoms. The number of rotatable bonds is 5. The summed E-state index contributed by atoms with van der Waals surface area (Å²) >= 11 is 0. The lowest BCUT2D eigenvalue weighted by Gasteiger charge is -2.33. The van der Waals surface area contributed by atoms with Gasteiger partial charge in [-0.2, -0.15) is 0 Å². The molecule has 3 heteroatoms. The van der Waals surface area contributed by atoms with E-state index in [1.54, 1.807) is 0 Å². The lowest BCUT2D eigenvalue weighted by molar-refractivity contribution is 0.0893. The molecule has 1 N–H and O–H groups in total. The third kappa shape index (κ3) is 3.48. The highest BCUT2D eigenvalue weighted by Gasteiger charge is 2.19. The van der Waals surface area contributed by atoms with E-state index in [1.165, 1.54) is 24.1 Å². The van der Waals surface area contributed by atoms with Crippen LogP contribution in [0.5, 0.6) is 0 Å². The molecule has 2 unspecified atom stereocenters. The zero-order valence-corrected chi connectivity index (χ0v) is 12.4. The van der Waals surface area contributed by atoms with Crippen LogP contribution in [-0.2, 0) is 4.74 Å². The normalized spacial score (nSPS) is 21.4. The minimum absolute atomic E-state index is 0.383. The van der Waals surface area contributed by atoms with E-state index < -0.39 is 0 Å². The molecule has 0 saturated carbocycles. The molecule has 2 atom stereocenters. The molecule has 1 aromatic carbocycles. The van der Waals surface area contributed by atoms with Gasteiger partial charge in [0.2, 0.25) is 0 Å². The molecule has 0 radical (unpaired) electrons. The molecule has 3 nitrogen and oxygen atoms in total. The van der Waals surface area contributed by atoms with Gasteiger partial charge in [-0.1, -0.05) is 19.1 Å². The van der Waals surface area contributed by atoms with E-state index in [0.29, 0.717) is 12.1 Å². The first-order valence-corrected chi connectivity index (χ1v) is 7.33. The van der Waals surface area contributed by atoms with E-state index in [1.807, 2.05) is 14.2 Å². The summed E-state index contributed by atoms with van der Waals surface area (Å²) in [6.07, 6.45) is 3.90. The number of hydrogen-bond acceptors (Lipinski definition) is 3. The molecule has 1 fully saturated rings. The fourth-order valence-electron chi connectivity index (χ4n) is 2.89. The van der Waals surface area contributed by atoms with E-state index in [2.05, 4.69) is 41.4 Å². The van der Waals surface area contributed by atoms with Crippen molar-refractivity contribution in [3.05, 3.63) is 29.8 Å². The zero-order chi connectivity index (χ0) is 13.7. The van der Waals surface area contributed by atoms with Crippen LogP contribution in [0.15, 0.2) is 24.3 Å². The highest BCUT2D eigenvalue weighted by atomic mass is 16.5. The van der Waals surface area contributed by atoms with Crippen LogP contribution in [0.1, 0.15) is 37.8 Å². The van der Waals surface area contributed by atoms with Crippen molar-refractivity contribution in [2.24, 2.45) is 0 Å². The van der Waals surface area contributed by atoms with Crippen molar-refractivity contribution in [1.29, 1.82) is 0 Å². The summed E-state index contributed by atoms with van der Waals surface area (Å²) in [5.41, 5.74) is 2.69. The van der Waals surface area contributed by atoms with E-state index in [4.69, 9.17) is 4.74 Å². The van der Waals surface area contributed by atoms with Gasteiger partial charge in [0.25, 0.3) is 0 Å². The van der Waals surface area contributed by atoms with Crippen LogP contribution in [0, 0.1) is 0 Å². The standard InChI is InChI=1S/C16H26N2O/c1-4-16(17-2)13-7-9-14(10-8-13)18-11-5-6-15(12-18)19-3/h7-10,15-17H,4-6,11-12H2,1-3H3. The van der Waals surface area contributed by atoms with Gasteiger partial charge in [0.1, 0.15) is 0 Å². The maximum Gasteiger partial charge on any atom is 0.0746 e. The first-order valence-electron chi connectivity index (χ1n) is 7.33. The van der Waals surface area contributed by atoms with E-state index in [-0.39, 0.29) is 0 Å². The number of methoxy groups -OCH3 is 1. The van der Waals surface area contributed by atoms with Crippen LogP contribution in [0.2, 0.25) is 0 Å². The van der Waals surface area contributed by atoms with Gasteiger partial charge >= 0.3 is 0 Å². The highest BCUT2D eigenvalue weighted by Crippen LogP contribution is 2.24. The number of piperidine rings is 1. The van der Waals surface area contributed by atoms with Crippen LogP contribution >= 0.6 is 0 Å². The summed E-state index contributed by atoms with van der Waals surface area (Å²) in [5, 5.41) is 3.35. The number of anilines is 1. The summed E-state index contributed by atoms with van der Waals surface area (Å²) < 4.78 is 5.49. The zero-order valence-electron chi connectivity index (χ0n) is 12.4. The molecule has 106 valence electrons. The Morgan fingerprint density at radius 3 is 2.68 bits per heavy atom. The third-order valence-electron chi connectivity index (χ3n) is 4.13. The molecule has 19 heavy (non-hydrogen) atoms. The predicted molar refractivity (Wildman–Crippen MR) is 80.8 cm³/mol. The highest BCUT2D eigenvalue weighted by molar-refractivity contribution is 5.48. The Morgan fingerprint density at radius 2 is 2.11 bits per heavy atom. The monoisotopic (exact) mass is 262 g/mol. The summed E-state index contributed by atoms with van der Waals surface area (Å²) in [6, 6.07) is 9.44. The van der Waals surface area contributed by atoms with Crippen LogP contribution in [-0.4, -0.2) is 33.4 Å². The number of ether oxygens (including phenoxy) is 1. The Bertz CT molecular complexity index is 373. The maximum absolute atomic E-state index is 5.49. The van der Waals surface area contributed by atoms with Gasteiger partial charge in [0.05, 0.1) is 6.10 Å². The van der Waals surface area contributed by atoms with Gasteiger partial charge in [0, 0.05) is 31.9 Å². The third-order valence-corrected chi connectivity index (χ3v) is 4.13. The van der Waals surface area contributed by atoms with E-state index in [0.717, 1.165) is 19.5 Å². The molecule has 1 aromatic rings. The Kier molecular flexibility index (Phi) is 5.23. The van der Waals surface area contributed by atoms with Crippen LogP contribution in [0.25, 0.3) is 0 Å². The molecule has 1 saturated heterocycles. The van der Waals surface area contributed by atoms with Gasteiger partial charge in [-0.25, -0.2) is 0 Å². The Hall–Kier alpha value is -1.06. The van der Waals surface area contributed by atoms with Gasteiger partial charge in [-0.3, -0.25) is 0 Å². The SMILES string of the molecule is CCC(NC)c1ccc(N2CCCC(OC)C2)cc1. The molecule has 0 spiro atoms. The molecule has 0 amide bonds. The van der Waals surface area contributed by atoms with Gasteiger partial charge in [-0.05, 0) is 44.0 Å². The molecule has 1 heterocycles. The molecule has 0 aliphatic carbocycles. The van der Waals surface area contributed by atoms with Gasteiger partial charge in [0.15, 0.2) is 0 Å². The van der Waals surface area contributed by atoms with Crippen molar-refractivity contribution >= 4 is 5.69 Å². The van der Waals surface area contributed by atoms with Crippen molar-refractivity contribution in [3.8, 4) is 0 Å².